The molecule has 2 fully saturated rings. The van der Waals surface area contributed by atoms with Crippen LogP contribution in [0.25, 0.3) is 0 Å². The van der Waals surface area contributed by atoms with Crippen molar-refractivity contribution in [2.45, 2.75) is 109 Å². The number of hydrogen-bond acceptors (Lipinski definition) is 5. The highest BCUT2D eigenvalue weighted by atomic mass is 16.5. The van der Waals surface area contributed by atoms with Gasteiger partial charge in [0.15, 0.2) is 0 Å². The van der Waals surface area contributed by atoms with E-state index in [1.807, 2.05) is 0 Å². The number of hydrogen-bond donors (Lipinski definition) is 1. The van der Waals surface area contributed by atoms with Crippen LogP contribution in [-0.4, -0.2) is 61.9 Å². The lowest BCUT2D eigenvalue weighted by atomic mass is 9.88. The van der Waals surface area contributed by atoms with Crippen LogP contribution in [0.1, 0.15) is 73.6 Å². The number of nitrogens with one attached hydrogen (secondary N) is 1. The van der Waals surface area contributed by atoms with Gasteiger partial charge in [0.25, 0.3) is 0 Å². The van der Waals surface area contributed by atoms with Crippen molar-refractivity contribution in [2.24, 2.45) is 0 Å². The van der Waals surface area contributed by atoms with Crippen LogP contribution in [0.3, 0.4) is 0 Å². The molecule has 1 N–H and O–H groups in total. The quantitative estimate of drug-likeness (QED) is 0.561. The maximum atomic E-state index is 5.95. The Kier molecular flexibility index (Phi) is 8.35. The van der Waals surface area contributed by atoms with Gasteiger partial charge in [-0.2, -0.15) is 0 Å². The highest BCUT2D eigenvalue weighted by molar-refractivity contribution is 4.87. The Labute approximate surface area is 160 Å². The van der Waals surface area contributed by atoms with Gasteiger partial charge in [0, 0.05) is 25.8 Å². The second-order valence-electron chi connectivity index (χ2n) is 9.76. The number of rotatable bonds is 11. The molecule has 2 rings (SSSR count). The van der Waals surface area contributed by atoms with E-state index in [4.69, 9.17) is 18.9 Å². The van der Waals surface area contributed by atoms with Gasteiger partial charge >= 0.3 is 0 Å². The molecule has 154 valence electrons. The van der Waals surface area contributed by atoms with Crippen LogP contribution in [0.15, 0.2) is 0 Å². The van der Waals surface area contributed by atoms with Crippen molar-refractivity contribution < 1.29 is 18.9 Å². The van der Waals surface area contributed by atoms with E-state index in [0.29, 0.717) is 24.4 Å². The van der Waals surface area contributed by atoms with Crippen molar-refractivity contribution in [3.8, 4) is 0 Å². The van der Waals surface area contributed by atoms with Gasteiger partial charge < -0.3 is 24.3 Å². The molecule has 2 aliphatic carbocycles. The van der Waals surface area contributed by atoms with E-state index in [9.17, 15) is 0 Å². The van der Waals surface area contributed by atoms with Gasteiger partial charge in [-0.1, -0.05) is 0 Å². The molecule has 0 amide bonds. The van der Waals surface area contributed by atoms with Gasteiger partial charge in [-0.25, -0.2) is 0 Å². The summed E-state index contributed by atoms with van der Waals surface area (Å²) in [5.74, 6) is 0. The zero-order chi connectivity index (χ0) is 19.2. The molecule has 0 saturated heterocycles. The molecule has 26 heavy (non-hydrogen) atoms. The van der Waals surface area contributed by atoms with Crippen molar-refractivity contribution in [1.29, 1.82) is 0 Å². The largest absolute Gasteiger partial charge is 0.380 e. The van der Waals surface area contributed by atoms with Crippen LogP contribution in [0.5, 0.6) is 0 Å². The van der Waals surface area contributed by atoms with Gasteiger partial charge in [0.1, 0.15) is 0 Å². The zero-order valence-electron chi connectivity index (χ0n) is 17.8. The van der Waals surface area contributed by atoms with E-state index < -0.39 is 0 Å². The van der Waals surface area contributed by atoms with Crippen molar-refractivity contribution in [1.82, 2.24) is 5.32 Å². The smallest absolute Gasteiger partial charge is 0.0631 e. The fourth-order valence-corrected chi connectivity index (χ4v) is 3.43. The minimum absolute atomic E-state index is 0.0270. The van der Waals surface area contributed by atoms with Gasteiger partial charge in [0.2, 0.25) is 0 Å². The normalized spacial score (nSPS) is 29.3. The molecule has 5 heteroatoms. The van der Waals surface area contributed by atoms with Crippen LogP contribution in [0.4, 0.5) is 0 Å². The summed E-state index contributed by atoms with van der Waals surface area (Å²) in [7, 11) is 0. The summed E-state index contributed by atoms with van der Waals surface area (Å²) < 4.78 is 23.4. The van der Waals surface area contributed by atoms with E-state index in [1.54, 1.807) is 0 Å². The summed E-state index contributed by atoms with van der Waals surface area (Å²) in [6.45, 7) is 15.9. The average Bonchev–Trinajstić information content (AvgIpc) is 2.41. The van der Waals surface area contributed by atoms with E-state index >= 15 is 0 Å². The maximum absolute atomic E-state index is 5.95. The molecule has 0 aromatic heterocycles. The van der Waals surface area contributed by atoms with Crippen LogP contribution in [-0.2, 0) is 18.9 Å². The Morgan fingerprint density at radius 2 is 1.31 bits per heavy atom. The predicted octanol–water partition coefficient (Wildman–Crippen LogP) is 3.69. The van der Waals surface area contributed by atoms with Crippen molar-refractivity contribution >= 4 is 0 Å². The van der Waals surface area contributed by atoms with Gasteiger partial charge in [0.05, 0.1) is 36.1 Å². The van der Waals surface area contributed by atoms with E-state index in [-0.39, 0.29) is 11.2 Å². The molecule has 2 saturated carbocycles. The zero-order valence-corrected chi connectivity index (χ0v) is 17.8. The van der Waals surface area contributed by atoms with E-state index in [1.165, 1.54) is 0 Å². The van der Waals surface area contributed by atoms with Gasteiger partial charge in [-0.05, 0) is 73.6 Å². The molecule has 5 nitrogen and oxygen atoms in total. The van der Waals surface area contributed by atoms with Crippen LogP contribution >= 0.6 is 0 Å². The fraction of sp³-hybridized carbons (Fsp3) is 1.00. The molecule has 0 aromatic carbocycles. The molecular weight excluding hydrogens is 330 g/mol. The summed E-state index contributed by atoms with van der Waals surface area (Å²) >= 11 is 0. The Bertz CT molecular complexity index is 352. The Morgan fingerprint density at radius 1 is 0.731 bits per heavy atom. The molecule has 0 unspecified atom stereocenters. The summed E-state index contributed by atoms with van der Waals surface area (Å²) in [5, 5.41) is 3.54. The summed E-state index contributed by atoms with van der Waals surface area (Å²) in [6.07, 6.45) is 6.44. The SMILES string of the molecule is CC(C)(C)OC1CC(NCCOCCCOC2CC(OC(C)(C)C)C2)C1. The Balaban J connectivity index is 1.32. The van der Waals surface area contributed by atoms with Crippen LogP contribution in [0.2, 0.25) is 0 Å². The lowest BCUT2D eigenvalue weighted by Crippen LogP contribution is -2.48. The van der Waals surface area contributed by atoms with Gasteiger partial charge in [-0.15, -0.1) is 0 Å². The molecule has 0 spiro atoms. The Morgan fingerprint density at radius 3 is 1.88 bits per heavy atom. The highest BCUT2D eigenvalue weighted by Crippen LogP contribution is 2.30. The standard InChI is InChI=1S/C21H41NO4/c1-20(2,3)25-18-12-16(13-18)22-8-11-23-9-7-10-24-17-14-19(15-17)26-21(4,5)6/h16-19,22H,7-15H2,1-6H3. The minimum Gasteiger partial charge on any atom is -0.380 e. The first-order valence-corrected chi connectivity index (χ1v) is 10.4. The Hall–Kier alpha value is -0.200. The summed E-state index contributed by atoms with van der Waals surface area (Å²) in [6, 6.07) is 0.594. The monoisotopic (exact) mass is 371 g/mol. The van der Waals surface area contributed by atoms with E-state index in [0.717, 1.165) is 58.5 Å². The lowest BCUT2D eigenvalue weighted by molar-refractivity contribution is -0.149. The molecule has 0 bridgehead atoms. The third kappa shape index (κ3) is 9.14. The topological polar surface area (TPSA) is 49.0 Å². The maximum Gasteiger partial charge on any atom is 0.0631 e. The first-order chi connectivity index (χ1) is 12.1. The molecule has 0 aromatic rings. The van der Waals surface area contributed by atoms with Crippen LogP contribution < -0.4 is 5.32 Å². The van der Waals surface area contributed by atoms with Crippen molar-refractivity contribution in [3.05, 3.63) is 0 Å². The summed E-state index contributed by atoms with van der Waals surface area (Å²) in [5.41, 5.74) is -0.0711. The predicted molar refractivity (Wildman–Crippen MR) is 105 cm³/mol. The van der Waals surface area contributed by atoms with Crippen LogP contribution in [0, 0.1) is 0 Å². The van der Waals surface area contributed by atoms with Crippen molar-refractivity contribution in [2.75, 3.05) is 26.4 Å². The molecule has 2 aliphatic rings. The highest BCUT2D eigenvalue weighted by Gasteiger charge is 2.33. The second kappa shape index (κ2) is 9.83. The third-order valence-electron chi connectivity index (χ3n) is 4.65. The molecule has 0 radical (unpaired) electrons. The van der Waals surface area contributed by atoms with Gasteiger partial charge in [-0.3, -0.25) is 0 Å². The summed E-state index contributed by atoms with van der Waals surface area (Å²) in [4.78, 5) is 0. The van der Waals surface area contributed by atoms with Crippen molar-refractivity contribution in [3.63, 3.8) is 0 Å². The van der Waals surface area contributed by atoms with E-state index in [2.05, 4.69) is 46.9 Å². The molecule has 0 aliphatic heterocycles. The average molecular weight is 372 g/mol. The first kappa shape index (κ1) is 22.1. The fourth-order valence-electron chi connectivity index (χ4n) is 3.43. The second-order valence-corrected chi connectivity index (χ2v) is 9.76. The molecular formula is C21H41NO4. The lowest BCUT2D eigenvalue weighted by Gasteiger charge is -2.39. The molecule has 0 atom stereocenters. The third-order valence-corrected chi connectivity index (χ3v) is 4.65. The first-order valence-electron chi connectivity index (χ1n) is 10.4. The molecule has 0 heterocycles. The minimum atomic E-state index is -0.0441. The number of ether oxygens (including phenoxy) is 4.